The SMILES string of the molecule is COc1ccc(-c2[nH]n(-c3ccc([N+](=O)[O-])cc3)c(=O)c2C(C)=NCCCO)cc1. The van der Waals surface area contributed by atoms with E-state index < -0.39 is 4.92 Å². The zero-order chi connectivity index (χ0) is 21.7. The highest BCUT2D eigenvalue weighted by atomic mass is 16.6. The summed E-state index contributed by atoms with van der Waals surface area (Å²) >= 11 is 0. The molecule has 0 unspecified atom stereocenters. The van der Waals surface area contributed by atoms with Crippen molar-refractivity contribution in [1.29, 1.82) is 0 Å². The molecule has 0 fully saturated rings. The van der Waals surface area contributed by atoms with Crippen LogP contribution in [0.25, 0.3) is 16.9 Å². The highest BCUT2D eigenvalue weighted by molar-refractivity contribution is 6.03. The van der Waals surface area contributed by atoms with Gasteiger partial charge in [-0.05, 0) is 49.7 Å². The molecule has 0 bridgehead atoms. The van der Waals surface area contributed by atoms with Gasteiger partial charge >= 0.3 is 0 Å². The number of aliphatic hydroxyl groups is 1. The first kappa shape index (κ1) is 21.0. The number of rotatable bonds is 8. The topological polar surface area (TPSA) is 123 Å². The number of nitrogens with one attached hydrogen (secondary N) is 1. The van der Waals surface area contributed by atoms with Crippen molar-refractivity contribution < 1.29 is 14.8 Å². The summed E-state index contributed by atoms with van der Waals surface area (Å²) in [7, 11) is 1.57. The molecule has 156 valence electrons. The molecule has 3 rings (SSSR count). The maximum atomic E-state index is 13.2. The van der Waals surface area contributed by atoms with Crippen molar-refractivity contribution in [3.8, 4) is 22.7 Å². The lowest BCUT2D eigenvalue weighted by Gasteiger charge is -2.05. The predicted octanol–water partition coefficient (Wildman–Crippen LogP) is 2.94. The molecule has 0 aliphatic carbocycles. The second kappa shape index (κ2) is 9.19. The first-order valence-electron chi connectivity index (χ1n) is 9.32. The summed E-state index contributed by atoms with van der Waals surface area (Å²) in [6.07, 6.45) is 0.496. The third kappa shape index (κ3) is 4.31. The number of hydrogen-bond acceptors (Lipinski definition) is 6. The molecular formula is C21H22N4O5. The van der Waals surface area contributed by atoms with E-state index in [0.29, 0.717) is 41.4 Å². The summed E-state index contributed by atoms with van der Waals surface area (Å²) in [5.41, 5.74) is 2.37. The molecule has 1 heterocycles. The third-order valence-corrected chi connectivity index (χ3v) is 4.61. The van der Waals surface area contributed by atoms with E-state index in [1.54, 1.807) is 26.2 Å². The predicted molar refractivity (Wildman–Crippen MR) is 114 cm³/mol. The number of methoxy groups -OCH3 is 1. The molecule has 9 heteroatoms. The molecule has 2 N–H and O–H groups in total. The fourth-order valence-electron chi connectivity index (χ4n) is 3.04. The second-order valence-corrected chi connectivity index (χ2v) is 6.55. The molecular weight excluding hydrogens is 388 g/mol. The zero-order valence-corrected chi connectivity index (χ0v) is 16.7. The van der Waals surface area contributed by atoms with Crippen molar-refractivity contribution in [1.82, 2.24) is 9.78 Å². The van der Waals surface area contributed by atoms with Gasteiger partial charge in [0.1, 0.15) is 5.75 Å². The molecule has 0 amide bonds. The van der Waals surface area contributed by atoms with Crippen molar-refractivity contribution in [2.75, 3.05) is 20.3 Å². The van der Waals surface area contributed by atoms with Gasteiger partial charge in [-0.25, -0.2) is 4.68 Å². The van der Waals surface area contributed by atoms with Gasteiger partial charge in [0.2, 0.25) is 0 Å². The van der Waals surface area contributed by atoms with E-state index in [4.69, 9.17) is 9.84 Å². The molecule has 0 radical (unpaired) electrons. The number of aromatic nitrogens is 2. The lowest BCUT2D eigenvalue weighted by molar-refractivity contribution is -0.384. The van der Waals surface area contributed by atoms with Crippen molar-refractivity contribution in [2.45, 2.75) is 13.3 Å². The summed E-state index contributed by atoms with van der Waals surface area (Å²) in [5, 5.41) is 23.0. The molecule has 0 aliphatic heterocycles. The second-order valence-electron chi connectivity index (χ2n) is 6.55. The lowest BCUT2D eigenvalue weighted by atomic mass is 10.0. The number of H-pyrrole nitrogens is 1. The summed E-state index contributed by atoms with van der Waals surface area (Å²) in [5.74, 6) is 0.686. The van der Waals surface area contributed by atoms with Crippen LogP contribution in [-0.2, 0) is 0 Å². The molecule has 2 aromatic carbocycles. The van der Waals surface area contributed by atoms with Crippen molar-refractivity contribution in [2.24, 2.45) is 4.99 Å². The highest BCUT2D eigenvalue weighted by Crippen LogP contribution is 2.24. The Hall–Kier alpha value is -3.72. The number of nitrogens with zero attached hydrogens (tertiary/aromatic N) is 3. The molecule has 3 aromatic rings. The Bertz CT molecular complexity index is 1110. The smallest absolute Gasteiger partial charge is 0.280 e. The maximum absolute atomic E-state index is 13.2. The van der Waals surface area contributed by atoms with Crippen molar-refractivity contribution in [3.05, 3.63) is 74.6 Å². The van der Waals surface area contributed by atoms with Crippen LogP contribution in [0, 0.1) is 10.1 Å². The molecule has 0 saturated carbocycles. The molecule has 0 aliphatic rings. The Labute approximate surface area is 172 Å². The van der Waals surface area contributed by atoms with E-state index in [2.05, 4.69) is 10.1 Å². The Morgan fingerprint density at radius 3 is 2.43 bits per heavy atom. The quantitative estimate of drug-likeness (QED) is 0.256. The van der Waals surface area contributed by atoms with Crippen LogP contribution in [0.2, 0.25) is 0 Å². The van der Waals surface area contributed by atoms with Crippen molar-refractivity contribution in [3.63, 3.8) is 0 Å². The molecule has 0 spiro atoms. The van der Waals surface area contributed by atoms with Crippen LogP contribution in [0.4, 0.5) is 5.69 Å². The Balaban J connectivity index is 2.14. The Morgan fingerprint density at radius 1 is 1.20 bits per heavy atom. The number of nitro benzene ring substituents is 1. The minimum atomic E-state index is -0.493. The first-order chi connectivity index (χ1) is 14.5. The molecule has 0 saturated heterocycles. The fourth-order valence-corrected chi connectivity index (χ4v) is 3.04. The van der Waals surface area contributed by atoms with Gasteiger partial charge in [-0.2, -0.15) is 0 Å². The average molecular weight is 410 g/mol. The average Bonchev–Trinajstić information content (AvgIpc) is 3.11. The van der Waals surface area contributed by atoms with Gasteiger partial charge in [0.05, 0.1) is 29.0 Å². The summed E-state index contributed by atoms with van der Waals surface area (Å²) in [4.78, 5) is 28.1. The molecule has 9 nitrogen and oxygen atoms in total. The summed E-state index contributed by atoms with van der Waals surface area (Å²) in [6, 6.07) is 12.9. The minimum Gasteiger partial charge on any atom is -0.497 e. The first-order valence-corrected chi connectivity index (χ1v) is 9.32. The fraction of sp³-hybridized carbons (Fsp3) is 0.238. The highest BCUT2D eigenvalue weighted by Gasteiger charge is 2.19. The summed E-state index contributed by atoms with van der Waals surface area (Å²) < 4.78 is 6.53. The van der Waals surface area contributed by atoms with Crippen LogP contribution in [0.1, 0.15) is 18.9 Å². The maximum Gasteiger partial charge on any atom is 0.280 e. The normalized spacial score (nSPS) is 11.5. The van der Waals surface area contributed by atoms with E-state index in [1.807, 2.05) is 12.1 Å². The number of non-ortho nitro benzene ring substituents is 1. The van der Waals surface area contributed by atoms with Crippen molar-refractivity contribution >= 4 is 11.4 Å². The minimum absolute atomic E-state index is 0.0162. The van der Waals surface area contributed by atoms with Crippen LogP contribution >= 0.6 is 0 Å². The van der Waals surface area contributed by atoms with Gasteiger partial charge in [0, 0.05) is 36.6 Å². The lowest BCUT2D eigenvalue weighted by Crippen LogP contribution is -2.19. The van der Waals surface area contributed by atoms with Gasteiger partial charge in [0.15, 0.2) is 0 Å². The van der Waals surface area contributed by atoms with Gasteiger partial charge in [-0.1, -0.05) is 0 Å². The van der Waals surface area contributed by atoms with Crippen LogP contribution in [0.3, 0.4) is 0 Å². The van der Waals surface area contributed by atoms with Crippen LogP contribution in [-0.4, -0.2) is 45.8 Å². The number of ether oxygens (including phenoxy) is 1. The number of aliphatic imine (C=N–C) groups is 1. The van der Waals surface area contributed by atoms with Crippen LogP contribution in [0.5, 0.6) is 5.75 Å². The monoisotopic (exact) mass is 410 g/mol. The number of aromatic amines is 1. The Morgan fingerprint density at radius 2 is 1.87 bits per heavy atom. The van der Waals surface area contributed by atoms with E-state index in [9.17, 15) is 14.9 Å². The van der Waals surface area contributed by atoms with E-state index >= 15 is 0 Å². The number of benzene rings is 2. The van der Waals surface area contributed by atoms with E-state index in [-0.39, 0.29) is 17.9 Å². The number of hydrogen-bond donors (Lipinski definition) is 2. The standard InChI is InChI=1S/C21H22N4O5/c1-14(22-12-3-13-26)19-20(15-4-10-18(30-2)11-5-15)23-24(21(19)27)16-6-8-17(9-7-16)25(28)29/h4-11,23,26H,3,12-13H2,1-2H3. The van der Waals surface area contributed by atoms with Gasteiger partial charge in [0.25, 0.3) is 11.2 Å². The number of nitro groups is 1. The van der Waals surface area contributed by atoms with Gasteiger partial charge in [-0.15, -0.1) is 0 Å². The largest absolute Gasteiger partial charge is 0.497 e. The van der Waals surface area contributed by atoms with E-state index in [1.165, 1.54) is 28.9 Å². The third-order valence-electron chi connectivity index (χ3n) is 4.61. The summed E-state index contributed by atoms with van der Waals surface area (Å²) in [6.45, 7) is 2.16. The number of aliphatic hydroxyl groups excluding tert-OH is 1. The van der Waals surface area contributed by atoms with Crippen LogP contribution < -0.4 is 10.3 Å². The van der Waals surface area contributed by atoms with E-state index in [0.717, 1.165) is 5.56 Å². The molecule has 30 heavy (non-hydrogen) atoms. The Kier molecular flexibility index (Phi) is 6.43. The van der Waals surface area contributed by atoms with Gasteiger partial charge < -0.3 is 9.84 Å². The zero-order valence-electron chi connectivity index (χ0n) is 16.7. The van der Waals surface area contributed by atoms with Crippen LogP contribution in [0.15, 0.2) is 58.3 Å². The molecule has 0 atom stereocenters. The van der Waals surface area contributed by atoms with Gasteiger partial charge in [-0.3, -0.25) is 25.0 Å². The molecule has 1 aromatic heterocycles.